The first-order valence-corrected chi connectivity index (χ1v) is 5.62. The summed E-state index contributed by atoms with van der Waals surface area (Å²) in [6.45, 7) is 6.93. The van der Waals surface area contributed by atoms with E-state index in [9.17, 15) is 4.79 Å². The van der Waals surface area contributed by atoms with Crippen molar-refractivity contribution in [2.45, 2.75) is 45.2 Å². The number of hydrogen-bond acceptors (Lipinski definition) is 3. The highest BCUT2D eigenvalue weighted by Gasteiger charge is 2.32. The van der Waals surface area contributed by atoms with Gasteiger partial charge in [-0.05, 0) is 40.2 Å². The highest BCUT2D eigenvalue weighted by molar-refractivity contribution is 5.80. The molecule has 1 aliphatic heterocycles. The molecule has 0 aromatic heterocycles. The second-order valence-corrected chi connectivity index (χ2v) is 4.98. The lowest BCUT2D eigenvalue weighted by Crippen LogP contribution is -2.48. The summed E-state index contributed by atoms with van der Waals surface area (Å²) >= 11 is 0. The van der Waals surface area contributed by atoms with E-state index in [1.165, 1.54) is 0 Å². The van der Waals surface area contributed by atoms with Crippen molar-refractivity contribution in [3.63, 3.8) is 0 Å². The molecule has 0 bridgehead atoms. The van der Waals surface area contributed by atoms with Gasteiger partial charge in [0.05, 0.1) is 5.92 Å². The van der Waals surface area contributed by atoms with Crippen molar-refractivity contribution in [3.8, 4) is 0 Å². The molecular weight excluding hydrogens is 192 g/mol. The van der Waals surface area contributed by atoms with Gasteiger partial charge in [0.2, 0.25) is 5.91 Å². The fraction of sp³-hybridized carbons (Fsp3) is 0.909. The van der Waals surface area contributed by atoms with Crippen LogP contribution in [0.15, 0.2) is 0 Å². The van der Waals surface area contributed by atoms with Crippen LogP contribution in [0.25, 0.3) is 0 Å². The number of hydrogen-bond donors (Lipinski definition) is 3. The second-order valence-electron chi connectivity index (χ2n) is 4.98. The van der Waals surface area contributed by atoms with Crippen molar-refractivity contribution in [2.75, 3.05) is 13.2 Å². The molecule has 3 N–H and O–H groups in total. The maximum Gasteiger partial charge on any atom is 0.225 e. The van der Waals surface area contributed by atoms with E-state index in [1.807, 2.05) is 20.8 Å². The fourth-order valence-corrected chi connectivity index (χ4v) is 1.99. The van der Waals surface area contributed by atoms with E-state index in [-0.39, 0.29) is 30.0 Å². The standard InChI is InChI=1S/C11H22N2O2/c1-8-9(4-6-12-8)10(15)13-11(2,3)5-7-14/h8-9,12,14H,4-7H2,1-3H3,(H,13,15). The maximum absolute atomic E-state index is 11.9. The molecule has 4 nitrogen and oxygen atoms in total. The summed E-state index contributed by atoms with van der Waals surface area (Å²) in [5.74, 6) is 0.175. The normalized spacial score (nSPS) is 26.7. The number of amides is 1. The van der Waals surface area contributed by atoms with Crippen LogP contribution in [0, 0.1) is 5.92 Å². The largest absolute Gasteiger partial charge is 0.396 e. The van der Waals surface area contributed by atoms with Crippen molar-refractivity contribution in [1.29, 1.82) is 0 Å². The van der Waals surface area contributed by atoms with Crippen LogP contribution < -0.4 is 10.6 Å². The van der Waals surface area contributed by atoms with Gasteiger partial charge < -0.3 is 15.7 Å². The molecule has 4 heteroatoms. The highest BCUT2D eigenvalue weighted by Crippen LogP contribution is 2.17. The third kappa shape index (κ3) is 3.47. The Hall–Kier alpha value is -0.610. The fourth-order valence-electron chi connectivity index (χ4n) is 1.99. The molecule has 1 aliphatic rings. The molecule has 0 saturated carbocycles. The van der Waals surface area contributed by atoms with Crippen LogP contribution in [-0.2, 0) is 4.79 Å². The minimum absolute atomic E-state index is 0.0722. The van der Waals surface area contributed by atoms with Crippen molar-refractivity contribution < 1.29 is 9.90 Å². The van der Waals surface area contributed by atoms with E-state index in [4.69, 9.17) is 5.11 Å². The van der Waals surface area contributed by atoms with Gasteiger partial charge in [-0.15, -0.1) is 0 Å². The van der Waals surface area contributed by atoms with Crippen molar-refractivity contribution >= 4 is 5.91 Å². The second kappa shape index (κ2) is 4.94. The smallest absolute Gasteiger partial charge is 0.225 e. The molecular formula is C11H22N2O2. The first-order valence-electron chi connectivity index (χ1n) is 5.62. The van der Waals surface area contributed by atoms with E-state index >= 15 is 0 Å². The Balaban J connectivity index is 2.47. The highest BCUT2D eigenvalue weighted by atomic mass is 16.3. The molecule has 15 heavy (non-hydrogen) atoms. The number of aliphatic hydroxyl groups excluding tert-OH is 1. The van der Waals surface area contributed by atoms with Gasteiger partial charge in [0, 0.05) is 18.2 Å². The monoisotopic (exact) mass is 214 g/mol. The average molecular weight is 214 g/mol. The Labute approximate surface area is 91.4 Å². The number of rotatable bonds is 4. The number of carbonyl (C=O) groups is 1. The maximum atomic E-state index is 11.9. The Morgan fingerprint density at radius 3 is 2.73 bits per heavy atom. The molecule has 1 heterocycles. The van der Waals surface area contributed by atoms with E-state index < -0.39 is 0 Å². The SMILES string of the molecule is CC1NCCC1C(=O)NC(C)(C)CCO. The zero-order chi connectivity index (χ0) is 11.5. The zero-order valence-electron chi connectivity index (χ0n) is 9.84. The van der Waals surface area contributed by atoms with E-state index in [1.54, 1.807) is 0 Å². The third-order valence-electron chi connectivity index (χ3n) is 3.06. The minimum atomic E-state index is -0.311. The lowest BCUT2D eigenvalue weighted by molar-refractivity contribution is -0.126. The molecule has 2 unspecified atom stereocenters. The first-order chi connectivity index (χ1) is 6.96. The van der Waals surface area contributed by atoms with Crippen LogP contribution in [-0.4, -0.2) is 35.7 Å². The van der Waals surface area contributed by atoms with Crippen LogP contribution in [0.3, 0.4) is 0 Å². The van der Waals surface area contributed by atoms with Crippen LogP contribution in [0.1, 0.15) is 33.6 Å². The molecule has 0 spiro atoms. The Morgan fingerprint density at radius 1 is 1.60 bits per heavy atom. The molecule has 1 rings (SSSR count). The zero-order valence-corrected chi connectivity index (χ0v) is 9.84. The molecule has 2 atom stereocenters. The molecule has 0 aliphatic carbocycles. The molecule has 0 aromatic rings. The summed E-state index contributed by atoms with van der Waals surface area (Å²) in [4.78, 5) is 11.9. The summed E-state index contributed by atoms with van der Waals surface area (Å²) < 4.78 is 0. The molecule has 88 valence electrons. The van der Waals surface area contributed by atoms with Crippen molar-refractivity contribution in [2.24, 2.45) is 5.92 Å². The molecule has 1 saturated heterocycles. The average Bonchev–Trinajstić information content (AvgIpc) is 2.50. The number of aliphatic hydroxyl groups is 1. The Morgan fingerprint density at radius 2 is 2.27 bits per heavy atom. The molecule has 1 fully saturated rings. The Kier molecular flexibility index (Phi) is 4.11. The van der Waals surface area contributed by atoms with Crippen molar-refractivity contribution in [1.82, 2.24) is 10.6 Å². The summed E-state index contributed by atoms with van der Waals surface area (Å²) in [6, 6.07) is 0.259. The van der Waals surface area contributed by atoms with Crippen molar-refractivity contribution in [3.05, 3.63) is 0 Å². The van der Waals surface area contributed by atoms with Gasteiger partial charge in [-0.1, -0.05) is 0 Å². The lowest BCUT2D eigenvalue weighted by Gasteiger charge is -2.28. The van der Waals surface area contributed by atoms with Crippen LogP contribution >= 0.6 is 0 Å². The van der Waals surface area contributed by atoms with Gasteiger partial charge in [0.15, 0.2) is 0 Å². The third-order valence-corrected chi connectivity index (χ3v) is 3.06. The lowest BCUT2D eigenvalue weighted by atomic mass is 9.96. The predicted molar refractivity (Wildman–Crippen MR) is 59.5 cm³/mol. The van der Waals surface area contributed by atoms with Gasteiger partial charge in [0.25, 0.3) is 0 Å². The van der Waals surface area contributed by atoms with Gasteiger partial charge >= 0.3 is 0 Å². The Bertz CT molecular complexity index is 229. The van der Waals surface area contributed by atoms with Gasteiger partial charge in [-0.3, -0.25) is 4.79 Å². The number of carbonyl (C=O) groups excluding carboxylic acids is 1. The minimum Gasteiger partial charge on any atom is -0.396 e. The summed E-state index contributed by atoms with van der Waals surface area (Å²) in [7, 11) is 0. The van der Waals surface area contributed by atoms with Gasteiger partial charge in [-0.2, -0.15) is 0 Å². The van der Waals surface area contributed by atoms with Gasteiger partial charge in [-0.25, -0.2) is 0 Å². The topological polar surface area (TPSA) is 61.4 Å². The quantitative estimate of drug-likeness (QED) is 0.629. The van der Waals surface area contributed by atoms with E-state index in [0.717, 1.165) is 13.0 Å². The van der Waals surface area contributed by atoms with Crippen LogP contribution in [0.2, 0.25) is 0 Å². The van der Waals surface area contributed by atoms with Crippen LogP contribution in [0.5, 0.6) is 0 Å². The summed E-state index contributed by atoms with van der Waals surface area (Å²) in [6.07, 6.45) is 1.50. The van der Waals surface area contributed by atoms with E-state index in [2.05, 4.69) is 10.6 Å². The summed E-state index contributed by atoms with van der Waals surface area (Å²) in [5.41, 5.74) is -0.311. The van der Waals surface area contributed by atoms with E-state index in [0.29, 0.717) is 6.42 Å². The van der Waals surface area contributed by atoms with Gasteiger partial charge in [0.1, 0.15) is 0 Å². The molecule has 1 amide bonds. The molecule has 0 aromatic carbocycles. The predicted octanol–water partition coefficient (Wildman–Crippen LogP) is 0.262. The number of nitrogens with one attached hydrogen (secondary N) is 2. The first kappa shape index (κ1) is 12.5. The molecule has 0 radical (unpaired) electrons. The van der Waals surface area contributed by atoms with Crippen LogP contribution in [0.4, 0.5) is 0 Å². The summed E-state index contributed by atoms with van der Waals surface area (Å²) in [5, 5.41) is 15.1.